The number of furan rings is 1. The second-order valence-electron chi connectivity index (χ2n) is 18.1. The first-order valence-electron chi connectivity index (χ1n) is 21.8. The van der Waals surface area contributed by atoms with Gasteiger partial charge in [0, 0.05) is 53.8 Å². The van der Waals surface area contributed by atoms with E-state index >= 15 is 0 Å². The number of hydrogen-bond donors (Lipinski definition) is 0. The van der Waals surface area contributed by atoms with Gasteiger partial charge in [0.2, 0.25) is 0 Å². The summed E-state index contributed by atoms with van der Waals surface area (Å²) in [6, 6.07) is 63.1. The third-order valence-electron chi connectivity index (χ3n) is 14.7. The molecule has 0 saturated carbocycles. The van der Waals surface area contributed by atoms with Gasteiger partial charge in [-0.3, -0.25) is 0 Å². The predicted molar refractivity (Wildman–Crippen MR) is 262 cm³/mol. The molecule has 2 aromatic heterocycles. The molecule has 0 N–H and O–H groups in total. The van der Waals surface area contributed by atoms with Crippen LogP contribution in [0.15, 0.2) is 199 Å². The number of allylic oxidation sites excluding steroid dienone is 4. The molecule has 3 aliphatic rings. The number of nitrogens with zero attached hydrogens (tertiary/aromatic N) is 1. The summed E-state index contributed by atoms with van der Waals surface area (Å²) in [4.78, 5) is 2.49. The summed E-state index contributed by atoms with van der Waals surface area (Å²) in [7, 11) is 0. The van der Waals surface area contributed by atoms with Gasteiger partial charge in [-0.2, -0.15) is 0 Å². The highest BCUT2D eigenvalue weighted by Crippen LogP contribution is 2.57. The Morgan fingerprint density at radius 3 is 2.00 bits per heavy atom. The van der Waals surface area contributed by atoms with Gasteiger partial charge in [-0.05, 0) is 105 Å². The van der Waals surface area contributed by atoms with Crippen LogP contribution in [0.1, 0.15) is 54.5 Å². The molecule has 2 atom stereocenters. The third-order valence-corrected chi connectivity index (χ3v) is 15.9. The van der Waals surface area contributed by atoms with E-state index in [4.69, 9.17) is 4.42 Å². The topological polar surface area (TPSA) is 16.4 Å². The highest BCUT2D eigenvalue weighted by molar-refractivity contribution is 7.26. The lowest BCUT2D eigenvalue weighted by Gasteiger charge is -2.32. The Bertz CT molecular complexity index is 3500. The van der Waals surface area contributed by atoms with Gasteiger partial charge in [-0.25, -0.2) is 0 Å². The largest absolute Gasteiger partial charge is 0.456 e. The van der Waals surface area contributed by atoms with Gasteiger partial charge < -0.3 is 9.32 Å². The molecule has 0 saturated heterocycles. The van der Waals surface area contributed by atoms with Crippen molar-refractivity contribution < 1.29 is 4.42 Å². The van der Waals surface area contributed by atoms with E-state index in [0.717, 1.165) is 39.0 Å². The summed E-state index contributed by atoms with van der Waals surface area (Å²) in [6.45, 7) is 7.23. The average Bonchev–Trinajstić information content (AvgIpc) is 4.03. The maximum Gasteiger partial charge on any atom is 0.141 e. The van der Waals surface area contributed by atoms with Crippen molar-refractivity contribution in [3.8, 4) is 22.3 Å². The van der Waals surface area contributed by atoms with Crippen LogP contribution in [0.2, 0.25) is 0 Å². The van der Waals surface area contributed by atoms with E-state index in [1.54, 1.807) is 0 Å². The smallest absolute Gasteiger partial charge is 0.141 e. The van der Waals surface area contributed by atoms with Crippen molar-refractivity contribution in [2.75, 3.05) is 4.90 Å². The highest BCUT2D eigenvalue weighted by atomic mass is 32.1. The molecule has 0 spiro atoms. The van der Waals surface area contributed by atoms with Gasteiger partial charge in [0.15, 0.2) is 0 Å². The molecule has 3 aliphatic carbocycles. The molecule has 3 heteroatoms. The summed E-state index contributed by atoms with van der Waals surface area (Å²) >= 11 is 1.88. The molecular formula is C59H43NOS. The summed E-state index contributed by atoms with van der Waals surface area (Å²) in [6.07, 6.45) is 9.26. The Balaban J connectivity index is 1.05. The van der Waals surface area contributed by atoms with E-state index in [9.17, 15) is 0 Å². The predicted octanol–water partition coefficient (Wildman–Crippen LogP) is 16.5. The Kier molecular flexibility index (Phi) is 7.52. The first kappa shape index (κ1) is 35.8. The first-order chi connectivity index (χ1) is 30.4. The van der Waals surface area contributed by atoms with Crippen molar-refractivity contribution in [1.82, 2.24) is 0 Å². The van der Waals surface area contributed by atoms with Gasteiger partial charge in [0.1, 0.15) is 11.2 Å². The molecule has 62 heavy (non-hydrogen) atoms. The summed E-state index contributed by atoms with van der Waals surface area (Å²) in [5.74, 6) is 0.800. The highest BCUT2D eigenvalue weighted by Gasteiger charge is 2.45. The van der Waals surface area contributed by atoms with Crippen molar-refractivity contribution in [3.05, 3.63) is 222 Å². The second kappa shape index (κ2) is 13.0. The van der Waals surface area contributed by atoms with Crippen molar-refractivity contribution in [3.63, 3.8) is 0 Å². The molecule has 0 bridgehead atoms. The molecule has 0 aliphatic heterocycles. The number of anilines is 3. The number of benzene rings is 8. The maximum atomic E-state index is 7.13. The maximum absolute atomic E-state index is 7.13. The average molecular weight is 814 g/mol. The fraction of sp³-hybridized carbons (Fsp3) is 0.119. The van der Waals surface area contributed by atoms with Crippen LogP contribution in [0.4, 0.5) is 17.1 Å². The van der Waals surface area contributed by atoms with E-state index in [0.29, 0.717) is 11.8 Å². The van der Waals surface area contributed by atoms with Gasteiger partial charge in [-0.1, -0.05) is 166 Å². The van der Waals surface area contributed by atoms with E-state index in [1.165, 1.54) is 70.2 Å². The minimum Gasteiger partial charge on any atom is -0.456 e. The van der Waals surface area contributed by atoms with Crippen molar-refractivity contribution in [2.45, 2.75) is 37.5 Å². The van der Waals surface area contributed by atoms with Gasteiger partial charge in [0.25, 0.3) is 0 Å². The molecule has 13 rings (SSSR count). The lowest BCUT2D eigenvalue weighted by atomic mass is 9.73. The Hall–Kier alpha value is -6.94. The van der Waals surface area contributed by atoms with Gasteiger partial charge in [-0.15, -0.1) is 11.3 Å². The lowest BCUT2D eigenvalue weighted by molar-refractivity contribution is 0.394. The summed E-state index contributed by atoms with van der Waals surface area (Å²) in [5, 5.41) is 4.87. The molecule has 0 radical (unpaired) electrons. The van der Waals surface area contributed by atoms with Crippen LogP contribution in [0.5, 0.6) is 0 Å². The van der Waals surface area contributed by atoms with Gasteiger partial charge in [0.05, 0.1) is 11.1 Å². The lowest BCUT2D eigenvalue weighted by Crippen LogP contribution is -2.24. The number of fused-ring (bicyclic) bond motifs is 12. The summed E-state index contributed by atoms with van der Waals surface area (Å²) in [5.41, 5.74) is 16.4. The zero-order chi connectivity index (χ0) is 41.3. The molecule has 0 fully saturated rings. The molecule has 2 unspecified atom stereocenters. The number of hydrogen-bond acceptors (Lipinski definition) is 3. The third kappa shape index (κ3) is 4.86. The summed E-state index contributed by atoms with van der Waals surface area (Å²) < 4.78 is 9.78. The molecule has 8 aromatic carbocycles. The van der Waals surface area contributed by atoms with Crippen LogP contribution in [0.25, 0.3) is 64.4 Å². The number of rotatable bonds is 5. The number of para-hydroxylation sites is 1. The van der Waals surface area contributed by atoms with Crippen LogP contribution in [-0.2, 0) is 10.8 Å². The second-order valence-corrected chi connectivity index (χ2v) is 19.2. The SMILES string of the molecule is CC1(c2ccc(N(c3ccc(-c4cccc5c4sc4ccccc45)cc3)c3ccc4c(c3)C(C)(C)C3C=CC=CC43)c3c2oc2ccccc23)c2ccccc2-c2ccccc21. The van der Waals surface area contributed by atoms with E-state index in [1.807, 2.05) is 11.3 Å². The molecule has 296 valence electrons. The van der Waals surface area contributed by atoms with E-state index in [-0.39, 0.29) is 5.41 Å². The zero-order valence-electron chi connectivity index (χ0n) is 34.9. The minimum absolute atomic E-state index is 0.0326. The standard InChI is InChI=1S/C59H43NOS/c1-58(2)47-22-9-4-15-40(47)43-32-31-38(35-51(43)58)60(37-29-27-36(28-30-37)39-20-14-21-45-44-18-8-13-26-54(44)62-57(39)45)52-34-33-50(56-55(52)46-19-7-12-25-53(46)61-56)59(3)48-23-10-5-16-41(48)42-17-6-11-24-49(42)59/h4-35,40,47H,1-3H3. The molecular weight excluding hydrogens is 771 g/mol. The van der Waals surface area contributed by atoms with Crippen LogP contribution in [0, 0.1) is 5.92 Å². The van der Waals surface area contributed by atoms with Crippen LogP contribution in [0.3, 0.4) is 0 Å². The van der Waals surface area contributed by atoms with Crippen LogP contribution in [-0.4, -0.2) is 0 Å². The first-order valence-corrected chi connectivity index (χ1v) is 22.7. The van der Waals surface area contributed by atoms with E-state index in [2.05, 4.69) is 220 Å². The Morgan fingerprint density at radius 2 is 1.19 bits per heavy atom. The van der Waals surface area contributed by atoms with Crippen LogP contribution >= 0.6 is 11.3 Å². The van der Waals surface area contributed by atoms with Crippen LogP contribution < -0.4 is 4.90 Å². The van der Waals surface area contributed by atoms with Crippen molar-refractivity contribution in [2.24, 2.45) is 5.92 Å². The molecule has 10 aromatic rings. The fourth-order valence-corrected chi connectivity index (χ4v) is 12.9. The van der Waals surface area contributed by atoms with Crippen molar-refractivity contribution >= 4 is 70.5 Å². The van der Waals surface area contributed by atoms with Gasteiger partial charge >= 0.3 is 0 Å². The quantitative estimate of drug-likeness (QED) is 0.172. The minimum atomic E-state index is -0.424. The van der Waals surface area contributed by atoms with Crippen molar-refractivity contribution in [1.29, 1.82) is 0 Å². The normalized spacial score (nSPS) is 17.7. The zero-order valence-corrected chi connectivity index (χ0v) is 35.7. The monoisotopic (exact) mass is 813 g/mol. The Morgan fingerprint density at radius 1 is 0.532 bits per heavy atom. The molecule has 2 heterocycles. The number of thiophene rings is 1. The van der Waals surface area contributed by atoms with E-state index < -0.39 is 5.41 Å². The fourth-order valence-electron chi connectivity index (χ4n) is 11.6. The molecule has 2 nitrogen and oxygen atoms in total. The Labute approximate surface area is 365 Å². The molecule has 0 amide bonds.